The molecular weight excluding hydrogens is 1530 g/mol. The number of H-pyrrole nitrogens is 1. The fourth-order valence-corrected chi connectivity index (χ4v) is 14.2. The van der Waals surface area contributed by atoms with Crippen LogP contribution in [-0.2, 0) is 80.2 Å². The summed E-state index contributed by atoms with van der Waals surface area (Å²) in [6, 6.07) is 0.278. The maximum atomic E-state index is 15.0. The van der Waals surface area contributed by atoms with Crippen LogP contribution in [0.1, 0.15) is 225 Å². The Balaban J connectivity index is 1.69. The number of sulfone groups is 1. The van der Waals surface area contributed by atoms with Crippen LogP contribution >= 0.6 is 0 Å². The average molecular weight is 1660 g/mol. The third-order valence-electron chi connectivity index (χ3n) is 20.2. The Hall–Kier alpha value is -10.0. The molecule has 0 bridgehead atoms. The Morgan fingerprint density at radius 1 is 0.547 bits per heavy atom. The van der Waals surface area contributed by atoms with Gasteiger partial charge in [0.05, 0.1) is 23.9 Å². The van der Waals surface area contributed by atoms with E-state index in [-0.39, 0.29) is 121 Å². The molecule has 0 spiro atoms. The van der Waals surface area contributed by atoms with Crippen molar-refractivity contribution in [2.24, 2.45) is 44.4 Å². The summed E-state index contributed by atoms with van der Waals surface area (Å²) in [6.07, 6.45) is 12.2. The van der Waals surface area contributed by atoms with E-state index >= 15 is 9.59 Å². The molecule has 0 saturated carbocycles. The van der Waals surface area contributed by atoms with Gasteiger partial charge in [0.25, 0.3) is 0 Å². The number of unbranched alkanes of at least 4 members (excludes halogenated alkanes) is 14. The number of aromatic amines is 1. The zero-order valence-electron chi connectivity index (χ0n) is 68.5. The van der Waals surface area contributed by atoms with Crippen molar-refractivity contribution < 1.29 is 76.2 Å². The Morgan fingerprint density at radius 2 is 1.09 bits per heavy atom. The number of fused-ring (bicyclic) bond motifs is 1. The van der Waals surface area contributed by atoms with E-state index in [1.165, 1.54) is 51.9 Å². The predicted octanol–water partition coefficient (Wildman–Crippen LogP) is 0.408. The van der Waals surface area contributed by atoms with Gasteiger partial charge in [-0.2, -0.15) is 0 Å². The first-order chi connectivity index (χ1) is 55.8. The van der Waals surface area contributed by atoms with Gasteiger partial charge in [-0.1, -0.05) is 152 Å². The van der Waals surface area contributed by atoms with E-state index in [1.54, 1.807) is 61.7 Å². The fraction of sp³-hybridized carbons (Fsp3) is 0.650. The fourth-order valence-electron chi connectivity index (χ4n) is 13.5. The summed E-state index contributed by atoms with van der Waals surface area (Å²) < 4.78 is 25.9. The minimum absolute atomic E-state index is 0.0153. The van der Waals surface area contributed by atoms with Gasteiger partial charge in [-0.15, -0.1) is 0 Å². The molecule has 12 amide bonds. The molecule has 2 heterocycles. The topological polar surface area (TPSA) is 608 Å². The highest BCUT2D eigenvalue weighted by molar-refractivity contribution is 7.90. The van der Waals surface area contributed by atoms with Gasteiger partial charge in [0.1, 0.15) is 64.4 Å². The van der Waals surface area contributed by atoms with Crippen molar-refractivity contribution in [3.8, 4) is 0 Å². The smallest absolute Gasteiger partial charge is 0.243 e. The summed E-state index contributed by atoms with van der Waals surface area (Å²) in [6.45, 7) is 5.33. The van der Waals surface area contributed by atoms with Crippen LogP contribution in [0, 0.1) is 0 Å². The molecule has 1 aliphatic rings. The molecular formula is C80H132N20O16S. The highest BCUT2D eigenvalue weighted by Crippen LogP contribution is 2.21. The van der Waals surface area contributed by atoms with Gasteiger partial charge in [0.2, 0.25) is 70.9 Å². The monoisotopic (exact) mass is 1660 g/mol. The summed E-state index contributed by atoms with van der Waals surface area (Å²) in [4.78, 5) is 182. The lowest BCUT2D eigenvalue weighted by molar-refractivity contribution is -0.136. The second-order valence-electron chi connectivity index (χ2n) is 30.3. The molecule has 36 nitrogen and oxygen atoms in total. The van der Waals surface area contributed by atoms with Crippen LogP contribution in [0.3, 0.4) is 0 Å². The Morgan fingerprint density at radius 3 is 1.69 bits per heavy atom. The number of aliphatic hydroxyl groups excluding tert-OH is 2. The summed E-state index contributed by atoms with van der Waals surface area (Å²) >= 11 is 0. The van der Waals surface area contributed by atoms with Crippen molar-refractivity contribution in [1.82, 2.24) is 63.5 Å². The maximum Gasteiger partial charge on any atom is 0.243 e. The first kappa shape index (κ1) is 99.3. The molecule has 117 heavy (non-hydrogen) atoms. The standard InChI is InChI=1S/C80H132N20O16S/c1-5-7-9-10-11-12-13-14-15-16-17-18-22-38-67(104)91-60(39-41-65(81)102)72(108)93-58(36-26-28-45-88-79(83)84)75(111)100-68(51(3)101)78(114)97-57(33-8-6-2)70(106)95-61-40-42-66(103)87-44-27-25-35-56(69(82)105)92-77(113)64(49-53-50-90-55-34-24-23-32-54(53)55)99-71(107)59(37-29-46-89-80(85)86)94-76(112)63(48-52-30-20-19-21-31-52)98-74(110)62(96-73(61)109)43-47-117(4,115)116/h19-21,23-24,30-32,34,50-51,56-64,68,78,90,97,101,114H,5-18,22,25-29,33,35-49H2,1-4H3,(H2,81,102)(H2,82,105)(H,87,103)(H,91,104)(H,92,113)(H,93,108)(H,94,112)(H,95,106)(H,96,109)(H,98,110)(H,99,107)(H,100,111)(H4,83,84,88)(H4,85,86,89)/t51?,56-,57-,58-,59-,60-,61-,62-,63+,64-,68-,78-/m0/s1. The molecule has 12 atom stereocenters. The van der Waals surface area contributed by atoms with Crippen LogP contribution in [0.25, 0.3) is 10.9 Å². The molecule has 0 radical (unpaired) electrons. The number of hydrogen-bond donors (Lipinski definition) is 20. The lowest BCUT2D eigenvalue weighted by Gasteiger charge is -2.32. The third kappa shape index (κ3) is 40.6. The van der Waals surface area contributed by atoms with Crippen LogP contribution in [-0.4, -0.2) is 211 Å². The summed E-state index contributed by atoms with van der Waals surface area (Å²) in [7, 11) is -3.93. The molecule has 4 rings (SSSR count). The van der Waals surface area contributed by atoms with Crippen molar-refractivity contribution in [2.45, 2.75) is 299 Å². The molecule has 1 unspecified atom stereocenters. The number of nitrogens with zero attached hydrogens (tertiary/aromatic N) is 2. The first-order valence-electron chi connectivity index (χ1n) is 41.4. The van der Waals surface area contributed by atoms with Gasteiger partial charge >= 0.3 is 0 Å². The average Bonchev–Trinajstić information content (AvgIpc) is 1.75. The zero-order valence-corrected chi connectivity index (χ0v) is 69.4. The number of benzene rings is 2. The predicted molar refractivity (Wildman–Crippen MR) is 446 cm³/mol. The second-order valence-corrected chi connectivity index (χ2v) is 32.6. The van der Waals surface area contributed by atoms with Crippen LogP contribution in [0.2, 0.25) is 0 Å². The number of carbonyl (C=O) groups excluding carboxylic acids is 12. The maximum absolute atomic E-state index is 15.0. The molecule has 26 N–H and O–H groups in total. The molecule has 37 heteroatoms. The van der Waals surface area contributed by atoms with E-state index in [0.717, 1.165) is 38.4 Å². The Labute approximate surface area is 686 Å². The Kier molecular flexibility index (Phi) is 46.5. The van der Waals surface area contributed by atoms with Gasteiger partial charge in [-0.05, 0) is 108 Å². The lowest BCUT2D eigenvalue weighted by atomic mass is 10.0. The van der Waals surface area contributed by atoms with Crippen molar-refractivity contribution in [1.29, 1.82) is 0 Å². The van der Waals surface area contributed by atoms with Gasteiger partial charge in [-0.25, -0.2) is 8.42 Å². The highest BCUT2D eigenvalue weighted by atomic mass is 32.2. The summed E-state index contributed by atoms with van der Waals surface area (Å²) in [5, 5.41) is 53.5. The summed E-state index contributed by atoms with van der Waals surface area (Å²) in [5.41, 5.74) is 35.6. The number of carbonyl (C=O) groups is 12. The van der Waals surface area contributed by atoms with Crippen molar-refractivity contribution in [3.05, 3.63) is 71.9 Å². The van der Waals surface area contributed by atoms with Crippen molar-refractivity contribution >= 4 is 104 Å². The first-order valence-corrected chi connectivity index (χ1v) is 43.4. The Bertz CT molecular complexity index is 3800. The molecule has 3 aromatic rings. The van der Waals surface area contributed by atoms with Gasteiger partial charge in [0.15, 0.2) is 11.9 Å². The number of nitrogens with one attached hydrogen (secondary N) is 12. The van der Waals surface area contributed by atoms with E-state index in [2.05, 4.69) is 80.4 Å². The normalized spacial score (nSPS) is 19.3. The number of rotatable bonds is 48. The van der Waals surface area contributed by atoms with Crippen LogP contribution in [0.15, 0.2) is 70.8 Å². The minimum atomic E-state index is -3.93. The number of primary amides is 2. The number of aromatic nitrogens is 1. The molecule has 1 aliphatic heterocycles. The van der Waals surface area contributed by atoms with Gasteiger partial charge in [0, 0.05) is 75.1 Å². The van der Waals surface area contributed by atoms with Crippen LogP contribution in [0.5, 0.6) is 0 Å². The molecule has 1 saturated heterocycles. The van der Waals surface area contributed by atoms with E-state index in [0.29, 0.717) is 41.3 Å². The van der Waals surface area contributed by atoms with Gasteiger partial charge in [-0.3, -0.25) is 72.8 Å². The number of hydrogen-bond acceptors (Lipinski definition) is 19. The van der Waals surface area contributed by atoms with Crippen molar-refractivity contribution in [3.63, 3.8) is 0 Å². The van der Waals surface area contributed by atoms with E-state index in [9.17, 15) is 66.6 Å². The largest absolute Gasteiger partial charge is 0.391 e. The third-order valence-corrected chi connectivity index (χ3v) is 21.2. The highest BCUT2D eigenvalue weighted by Gasteiger charge is 2.38. The molecule has 0 aliphatic carbocycles. The quantitative estimate of drug-likeness (QED) is 0.0158. The number of nitrogens with two attached hydrogens (primary N) is 6. The number of amides is 12. The lowest BCUT2D eigenvalue weighted by Crippen LogP contribution is -2.63. The number of aliphatic hydroxyl groups is 2. The molecule has 1 fully saturated rings. The van der Waals surface area contributed by atoms with E-state index in [1.807, 2.05) is 6.07 Å². The second kappa shape index (κ2) is 54.8. The SMILES string of the molecule is CCCCCCCCCCCCCCCC(=O)N[C@@H](CCC(N)=O)C(=O)N[C@@H](CCCCN=C(N)N)C(=O)N[C@@H](C(C)O)[C@H](O)N[C@@H](CCCC)C(=O)N[C@H]1CCC(=O)NCCCC[C@@H](C(N)=O)NC(=O)[C@H](Cc2c[nH]c3ccccc23)NC(=O)[C@H](CCCN=C(N)N)NC(=O)[C@@H](Cc2ccccc2)NC(=O)[C@H](CCS(C)(=O)=O)NC1=O. The molecule has 654 valence electrons. The number of aliphatic imine (C=N–C) groups is 2. The number of para-hydroxylation sites is 1. The van der Waals surface area contributed by atoms with Crippen LogP contribution < -0.4 is 92.9 Å². The van der Waals surface area contributed by atoms with E-state index in [4.69, 9.17) is 34.4 Å². The van der Waals surface area contributed by atoms with E-state index < -0.39 is 178 Å². The zero-order chi connectivity index (χ0) is 86.2. The molecule has 2 aromatic carbocycles. The number of guanidine groups is 2. The summed E-state index contributed by atoms with van der Waals surface area (Å²) in [5.74, 6) is -11.6. The molecule has 1 aromatic heterocycles. The van der Waals surface area contributed by atoms with Gasteiger partial charge < -0.3 is 103 Å². The van der Waals surface area contributed by atoms with Crippen molar-refractivity contribution in [2.75, 3.05) is 31.6 Å². The minimum Gasteiger partial charge on any atom is -0.391 e. The van der Waals surface area contributed by atoms with Crippen LogP contribution in [0.4, 0.5) is 0 Å².